The lowest BCUT2D eigenvalue weighted by Crippen LogP contribution is -2.50. The molecule has 23 heavy (non-hydrogen) atoms. The highest BCUT2D eigenvalue weighted by atomic mass is 32.2. The van der Waals surface area contributed by atoms with Gasteiger partial charge in [-0.1, -0.05) is 5.16 Å². The highest BCUT2D eigenvalue weighted by molar-refractivity contribution is 7.91. The number of carbonyl (C=O) groups is 1. The highest BCUT2D eigenvalue weighted by Crippen LogP contribution is 2.22. The first-order chi connectivity index (χ1) is 10.9. The molecule has 8 heteroatoms. The predicted octanol–water partition coefficient (Wildman–Crippen LogP) is 0.370. The molecule has 1 atom stereocenters. The minimum atomic E-state index is -3.01. The van der Waals surface area contributed by atoms with E-state index in [0.29, 0.717) is 19.5 Å². The van der Waals surface area contributed by atoms with Gasteiger partial charge in [0.15, 0.2) is 9.84 Å². The number of amides is 1. The molecule has 0 radical (unpaired) electrons. The number of hydrogen-bond acceptors (Lipinski definition) is 6. The average molecular weight is 341 g/mol. The lowest BCUT2D eigenvalue weighted by Gasteiger charge is -2.35. The van der Waals surface area contributed by atoms with Crippen molar-refractivity contribution in [1.82, 2.24) is 15.0 Å². The summed E-state index contributed by atoms with van der Waals surface area (Å²) in [5.41, 5.74) is 2.03. The van der Waals surface area contributed by atoms with Gasteiger partial charge >= 0.3 is 0 Å². The molecule has 0 N–H and O–H groups in total. The maximum atomic E-state index is 12.4. The zero-order valence-electron chi connectivity index (χ0n) is 13.6. The number of carbonyl (C=O) groups excluding carboxylic acids is 1. The third kappa shape index (κ3) is 3.58. The third-order valence-corrected chi connectivity index (χ3v) is 6.60. The molecule has 7 nitrogen and oxygen atoms in total. The summed E-state index contributed by atoms with van der Waals surface area (Å²) in [5, 5.41) is 3.97. The summed E-state index contributed by atoms with van der Waals surface area (Å²) in [6, 6.07) is 0. The van der Waals surface area contributed by atoms with E-state index in [9.17, 15) is 13.2 Å². The Morgan fingerprint density at radius 2 is 1.96 bits per heavy atom. The van der Waals surface area contributed by atoms with E-state index in [1.807, 2.05) is 18.7 Å². The first-order valence-electron chi connectivity index (χ1n) is 7.99. The molecule has 0 saturated carbocycles. The smallest absolute Gasteiger partial charge is 0.226 e. The summed E-state index contributed by atoms with van der Waals surface area (Å²) in [6.07, 6.45) is 0.473. The summed E-state index contributed by atoms with van der Waals surface area (Å²) < 4.78 is 28.2. The van der Waals surface area contributed by atoms with Crippen LogP contribution in [0.25, 0.3) is 0 Å². The van der Waals surface area contributed by atoms with Crippen LogP contribution in [0.4, 0.5) is 0 Å². The van der Waals surface area contributed by atoms with Crippen molar-refractivity contribution in [3.63, 3.8) is 0 Å². The third-order valence-electron chi connectivity index (χ3n) is 4.83. The molecule has 1 amide bonds. The number of nitrogens with zero attached hydrogens (tertiary/aromatic N) is 3. The maximum absolute atomic E-state index is 12.4. The Hall–Kier alpha value is -1.41. The minimum absolute atomic E-state index is 0.00284. The lowest BCUT2D eigenvalue weighted by atomic mass is 10.1. The highest BCUT2D eigenvalue weighted by Gasteiger charge is 2.36. The van der Waals surface area contributed by atoms with Crippen LogP contribution in [-0.2, 0) is 21.2 Å². The molecule has 0 aliphatic carbocycles. The van der Waals surface area contributed by atoms with Crippen LogP contribution >= 0.6 is 0 Å². The van der Waals surface area contributed by atoms with Gasteiger partial charge in [-0.05, 0) is 20.3 Å². The van der Waals surface area contributed by atoms with Gasteiger partial charge in [0, 0.05) is 38.3 Å². The zero-order valence-corrected chi connectivity index (χ0v) is 14.4. The Bertz CT molecular complexity index is 670. The molecule has 2 aliphatic rings. The van der Waals surface area contributed by atoms with Crippen molar-refractivity contribution in [2.45, 2.75) is 26.8 Å². The van der Waals surface area contributed by atoms with Gasteiger partial charge in [0.05, 0.1) is 23.1 Å². The number of aryl methyl sites for hydroxylation is 2. The summed E-state index contributed by atoms with van der Waals surface area (Å²) in [5.74, 6) is 0.676. The van der Waals surface area contributed by atoms with Crippen LogP contribution in [0.1, 0.15) is 23.4 Å². The molecule has 2 fully saturated rings. The summed E-state index contributed by atoms with van der Waals surface area (Å²) in [6.45, 7) is 7.50. The minimum Gasteiger partial charge on any atom is -0.361 e. The SMILES string of the molecule is Cc1noc(C)c1CN1CCN(C(=O)[C@@H]2CCS(=O)(=O)C2)CC1. The standard InChI is InChI=1S/C15H23N3O4S/c1-11-14(12(2)22-16-11)9-17-4-6-18(7-5-17)15(19)13-3-8-23(20,21)10-13/h13H,3-10H2,1-2H3/t13-/m1/s1. The molecule has 0 spiro atoms. The molecule has 3 heterocycles. The largest absolute Gasteiger partial charge is 0.361 e. The summed E-state index contributed by atoms with van der Waals surface area (Å²) >= 11 is 0. The molecule has 1 aromatic heterocycles. The normalized spacial score (nSPS) is 25.0. The lowest BCUT2D eigenvalue weighted by molar-refractivity contribution is -0.136. The van der Waals surface area contributed by atoms with Gasteiger partial charge in [0.1, 0.15) is 5.76 Å². The Kier molecular flexibility index (Phi) is 4.46. The van der Waals surface area contributed by atoms with E-state index in [0.717, 1.165) is 36.7 Å². The van der Waals surface area contributed by atoms with Crippen molar-refractivity contribution in [2.75, 3.05) is 37.7 Å². The molecular formula is C15H23N3O4S. The quantitative estimate of drug-likeness (QED) is 0.790. The van der Waals surface area contributed by atoms with Gasteiger partial charge in [-0.2, -0.15) is 0 Å². The monoisotopic (exact) mass is 341 g/mol. The van der Waals surface area contributed by atoms with Crippen LogP contribution in [0.3, 0.4) is 0 Å². The van der Waals surface area contributed by atoms with Gasteiger partial charge in [-0.15, -0.1) is 0 Å². The van der Waals surface area contributed by atoms with Gasteiger partial charge in [0.2, 0.25) is 5.91 Å². The van der Waals surface area contributed by atoms with Crippen molar-refractivity contribution in [3.8, 4) is 0 Å². The molecule has 128 valence electrons. The van der Waals surface area contributed by atoms with Crippen LogP contribution in [0.2, 0.25) is 0 Å². The first kappa shape index (κ1) is 16.4. The van der Waals surface area contributed by atoms with E-state index in [-0.39, 0.29) is 23.3 Å². The van der Waals surface area contributed by atoms with Gasteiger partial charge in [0.25, 0.3) is 0 Å². The van der Waals surface area contributed by atoms with E-state index in [4.69, 9.17) is 4.52 Å². The van der Waals surface area contributed by atoms with Gasteiger partial charge in [-0.25, -0.2) is 8.42 Å². The Balaban J connectivity index is 1.53. The van der Waals surface area contributed by atoms with Crippen molar-refractivity contribution in [3.05, 3.63) is 17.0 Å². The van der Waals surface area contributed by atoms with Gasteiger partial charge in [-0.3, -0.25) is 9.69 Å². The van der Waals surface area contributed by atoms with E-state index in [2.05, 4.69) is 10.1 Å². The summed E-state index contributed by atoms with van der Waals surface area (Å²) in [7, 11) is -3.01. The molecule has 0 bridgehead atoms. The van der Waals surface area contributed by atoms with Crippen molar-refractivity contribution >= 4 is 15.7 Å². The average Bonchev–Trinajstić information content (AvgIpc) is 3.04. The fourth-order valence-corrected chi connectivity index (χ4v) is 5.06. The number of aromatic nitrogens is 1. The van der Waals surface area contributed by atoms with Crippen molar-refractivity contribution in [2.24, 2.45) is 5.92 Å². The zero-order chi connectivity index (χ0) is 16.6. The molecule has 2 saturated heterocycles. The fraction of sp³-hybridized carbons (Fsp3) is 0.733. The van der Waals surface area contributed by atoms with Crippen molar-refractivity contribution < 1.29 is 17.7 Å². The van der Waals surface area contributed by atoms with E-state index in [1.54, 1.807) is 0 Å². The van der Waals surface area contributed by atoms with Crippen LogP contribution in [0.15, 0.2) is 4.52 Å². The number of piperazine rings is 1. The first-order valence-corrected chi connectivity index (χ1v) is 9.81. The second-order valence-electron chi connectivity index (χ2n) is 6.50. The van der Waals surface area contributed by atoms with Crippen molar-refractivity contribution in [1.29, 1.82) is 0 Å². The second-order valence-corrected chi connectivity index (χ2v) is 8.73. The Morgan fingerprint density at radius 1 is 1.26 bits per heavy atom. The molecule has 1 aromatic rings. The van der Waals surface area contributed by atoms with Crippen LogP contribution in [-0.4, -0.2) is 67.0 Å². The van der Waals surface area contributed by atoms with E-state index >= 15 is 0 Å². The van der Waals surface area contributed by atoms with E-state index in [1.165, 1.54) is 0 Å². The molecule has 0 unspecified atom stereocenters. The van der Waals surface area contributed by atoms with Crippen LogP contribution in [0, 0.1) is 19.8 Å². The second kappa shape index (κ2) is 6.24. The molecule has 2 aliphatic heterocycles. The molecular weight excluding hydrogens is 318 g/mol. The Labute approximate surface area is 136 Å². The van der Waals surface area contributed by atoms with Gasteiger partial charge < -0.3 is 9.42 Å². The number of sulfone groups is 1. The Morgan fingerprint density at radius 3 is 2.48 bits per heavy atom. The molecule has 0 aromatic carbocycles. The number of hydrogen-bond donors (Lipinski definition) is 0. The maximum Gasteiger partial charge on any atom is 0.226 e. The topological polar surface area (TPSA) is 83.7 Å². The predicted molar refractivity (Wildman–Crippen MR) is 84.6 cm³/mol. The van der Waals surface area contributed by atoms with Crippen LogP contribution < -0.4 is 0 Å². The van der Waals surface area contributed by atoms with E-state index < -0.39 is 9.84 Å². The summed E-state index contributed by atoms with van der Waals surface area (Å²) in [4.78, 5) is 16.5. The van der Waals surface area contributed by atoms with Crippen LogP contribution in [0.5, 0.6) is 0 Å². The fourth-order valence-electron chi connectivity index (χ4n) is 3.33. The molecule has 3 rings (SSSR count). The number of rotatable bonds is 3.